The average Bonchev–Trinajstić information content (AvgIpc) is 3.48. The molecule has 3 nitrogen and oxygen atoms in total. The molecular weight excluding hydrogens is 402 g/mol. The first-order chi connectivity index (χ1) is 15.8. The highest BCUT2D eigenvalue weighted by molar-refractivity contribution is 5.84. The van der Waals surface area contributed by atoms with Crippen molar-refractivity contribution in [2.24, 2.45) is 4.99 Å². The summed E-state index contributed by atoms with van der Waals surface area (Å²) in [5.74, 6) is 1.87. The first-order valence-corrected chi connectivity index (χ1v) is 12.0. The van der Waals surface area contributed by atoms with Gasteiger partial charge in [-0.25, -0.2) is 0 Å². The number of nitrogens with zero attached hydrogens (tertiary/aromatic N) is 2. The Balaban J connectivity index is 0.000000141. The summed E-state index contributed by atoms with van der Waals surface area (Å²) in [6.45, 7) is 14.1. The van der Waals surface area contributed by atoms with Crippen molar-refractivity contribution >= 4 is 17.1 Å². The van der Waals surface area contributed by atoms with E-state index in [2.05, 4.69) is 117 Å². The first-order valence-electron chi connectivity index (χ1n) is 12.0. The fourth-order valence-electron chi connectivity index (χ4n) is 3.65. The maximum absolute atomic E-state index is 4.23. The molecule has 1 aliphatic rings. The van der Waals surface area contributed by atoms with Crippen LogP contribution in [0.3, 0.4) is 0 Å². The zero-order valence-electron chi connectivity index (χ0n) is 20.8. The molecule has 0 bridgehead atoms. The Kier molecular flexibility index (Phi) is 8.59. The lowest BCUT2D eigenvalue weighted by Crippen LogP contribution is -1.91. The minimum Gasteiger partial charge on any atom is -0.288 e. The third-order valence-electron chi connectivity index (χ3n) is 5.92. The number of hydrogen-bond acceptors (Lipinski definition) is 2. The van der Waals surface area contributed by atoms with E-state index in [1.807, 2.05) is 18.5 Å². The highest BCUT2D eigenvalue weighted by Gasteiger charge is 2.07. The molecule has 0 fully saturated rings. The van der Waals surface area contributed by atoms with Crippen molar-refractivity contribution in [1.82, 2.24) is 10.2 Å². The molecule has 1 N–H and O–H groups in total. The van der Waals surface area contributed by atoms with Crippen LogP contribution in [-0.2, 0) is 6.54 Å². The summed E-state index contributed by atoms with van der Waals surface area (Å²) in [7, 11) is 0. The molecule has 0 radical (unpaired) electrons. The molecule has 3 aromatic carbocycles. The van der Waals surface area contributed by atoms with Gasteiger partial charge in [-0.2, -0.15) is 5.10 Å². The predicted molar refractivity (Wildman–Crippen MR) is 143 cm³/mol. The van der Waals surface area contributed by atoms with Gasteiger partial charge in [-0.05, 0) is 57.7 Å². The fraction of sp³-hybridized carbons (Fsp3) is 0.333. The van der Waals surface area contributed by atoms with Gasteiger partial charge in [-0.1, -0.05) is 96.1 Å². The SMILES string of the molecule is CC(C)c1ccc2[nH]ncc2c1.CC(C)c1ccc2c(c1)CN=C2.CC(C)c1ccccc1. The Morgan fingerprint density at radius 3 is 1.97 bits per heavy atom. The summed E-state index contributed by atoms with van der Waals surface area (Å²) in [4.78, 5) is 4.23. The zero-order chi connectivity index (χ0) is 23.8. The van der Waals surface area contributed by atoms with Gasteiger partial charge < -0.3 is 0 Å². The van der Waals surface area contributed by atoms with E-state index in [-0.39, 0.29) is 0 Å². The van der Waals surface area contributed by atoms with Crippen molar-refractivity contribution in [3.8, 4) is 0 Å². The summed E-state index contributed by atoms with van der Waals surface area (Å²) in [5.41, 5.74) is 7.97. The molecule has 1 aromatic heterocycles. The Morgan fingerprint density at radius 1 is 0.697 bits per heavy atom. The minimum absolute atomic E-state index is 0.587. The fourth-order valence-corrected chi connectivity index (χ4v) is 3.65. The van der Waals surface area contributed by atoms with E-state index in [1.165, 1.54) is 33.2 Å². The average molecular weight is 440 g/mol. The summed E-state index contributed by atoms with van der Waals surface area (Å²) in [5, 5.41) is 8.11. The number of aromatic nitrogens is 2. The lowest BCUT2D eigenvalue weighted by molar-refractivity contribution is 0.862. The number of hydrogen-bond donors (Lipinski definition) is 1. The van der Waals surface area contributed by atoms with Crippen LogP contribution in [0.5, 0.6) is 0 Å². The molecule has 0 spiro atoms. The molecule has 0 unspecified atom stereocenters. The van der Waals surface area contributed by atoms with Crippen LogP contribution in [0.25, 0.3) is 10.9 Å². The number of nitrogens with one attached hydrogen (secondary N) is 1. The number of benzene rings is 3. The molecular formula is C30H37N3. The quantitative estimate of drug-likeness (QED) is 0.343. The van der Waals surface area contributed by atoms with Crippen molar-refractivity contribution in [3.05, 3.63) is 101 Å². The van der Waals surface area contributed by atoms with Crippen LogP contribution >= 0.6 is 0 Å². The molecule has 0 amide bonds. The second-order valence-corrected chi connectivity index (χ2v) is 9.52. The monoisotopic (exact) mass is 439 g/mol. The van der Waals surface area contributed by atoms with Gasteiger partial charge in [0.1, 0.15) is 0 Å². The van der Waals surface area contributed by atoms with E-state index in [4.69, 9.17) is 0 Å². The Hall–Kier alpha value is -3.20. The normalized spacial score (nSPS) is 11.9. The number of H-pyrrole nitrogens is 1. The van der Waals surface area contributed by atoms with E-state index >= 15 is 0 Å². The van der Waals surface area contributed by atoms with E-state index in [9.17, 15) is 0 Å². The van der Waals surface area contributed by atoms with Crippen LogP contribution in [-0.4, -0.2) is 16.4 Å². The van der Waals surface area contributed by atoms with Gasteiger partial charge >= 0.3 is 0 Å². The molecule has 0 atom stereocenters. The van der Waals surface area contributed by atoms with Crippen LogP contribution in [0, 0.1) is 0 Å². The standard InChI is InChI=1S/C11H13N.C10H12N2.C9H12/c1-8(2)9-3-4-10-6-12-7-11(10)5-9;1-7(2)8-3-4-10-9(5-8)6-11-12-10;1-8(2)9-6-4-3-5-7-9/h3-6,8H,7H2,1-2H3;3-7H,1-2H3,(H,11,12);3-8H,1-2H3. The highest BCUT2D eigenvalue weighted by Crippen LogP contribution is 2.21. The largest absolute Gasteiger partial charge is 0.288 e. The molecule has 33 heavy (non-hydrogen) atoms. The van der Waals surface area contributed by atoms with Gasteiger partial charge in [0.25, 0.3) is 0 Å². The molecule has 2 heterocycles. The van der Waals surface area contributed by atoms with Crippen molar-refractivity contribution in [2.75, 3.05) is 0 Å². The molecule has 3 heteroatoms. The van der Waals surface area contributed by atoms with Gasteiger partial charge in [-0.15, -0.1) is 0 Å². The van der Waals surface area contributed by atoms with Gasteiger partial charge in [0.2, 0.25) is 0 Å². The number of aromatic amines is 1. The number of aliphatic imine (C=N–C) groups is 1. The van der Waals surface area contributed by atoms with E-state index in [0.717, 1.165) is 12.1 Å². The van der Waals surface area contributed by atoms with Gasteiger partial charge in [0.15, 0.2) is 0 Å². The van der Waals surface area contributed by atoms with Crippen LogP contribution in [0.15, 0.2) is 77.9 Å². The molecule has 0 saturated carbocycles. The molecule has 5 rings (SSSR count). The lowest BCUT2D eigenvalue weighted by Gasteiger charge is -2.06. The maximum Gasteiger partial charge on any atom is 0.0650 e. The third kappa shape index (κ3) is 6.89. The predicted octanol–water partition coefficient (Wildman–Crippen LogP) is 8.24. The third-order valence-corrected chi connectivity index (χ3v) is 5.92. The number of rotatable bonds is 3. The molecule has 1 aliphatic heterocycles. The molecule has 4 aromatic rings. The minimum atomic E-state index is 0.587. The van der Waals surface area contributed by atoms with Gasteiger partial charge in [0.05, 0.1) is 18.3 Å². The van der Waals surface area contributed by atoms with Crippen molar-refractivity contribution in [3.63, 3.8) is 0 Å². The van der Waals surface area contributed by atoms with Gasteiger partial charge in [-0.3, -0.25) is 10.1 Å². The zero-order valence-corrected chi connectivity index (χ0v) is 20.8. The Morgan fingerprint density at radius 2 is 1.33 bits per heavy atom. The van der Waals surface area contributed by atoms with Crippen molar-refractivity contribution in [2.45, 2.75) is 65.8 Å². The summed E-state index contributed by atoms with van der Waals surface area (Å²) >= 11 is 0. The van der Waals surface area contributed by atoms with E-state index < -0.39 is 0 Å². The molecule has 0 aliphatic carbocycles. The maximum atomic E-state index is 4.23. The lowest BCUT2D eigenvalue weighted by atomic mass is 9.99. The summed E-state index contributed by atoms with van der Waals surface area (Å²) in [6.07, 6.45) is 3.82. The topological polar surface area (TPSA) is 41.0 Å². The summed E-state index contributed by atoms with van der Waals surface area (Å²) < 4.78 is 0. The van der Waals surface area contributed by atoms with Crippen LogP contribution in [0.4, 0.5) is 0 Å². The van der Waals surface area contributed by atoms with E-state index in [0.29, 0.717) is 17.8 Å². The Bertz CT molecular complexity index is 1170. The van der Waals surface area contributed by atoms with E-state index in [1.54, 1.807) is 0 Å². The van der Waals surface area contributed by atoms with Gasteiger partial charge in [0, 0.05) is 11.6 Å². The van der Waals surface area contributed by atoms with Crippen molar-refractivity contribution in [1.29, 1.82) is 0 Å². The van der Waals surface area contributed by atoms with Crippen LogP contribution in [0.1, 0.15) is 87.1 Å². The van der Waals surface area contributed by atoms with Crippen molar-refractivity contribution < 1.29 is 0 Å². The van der Waals surface area contributed by atoms with Crippen LogP contribution in [0.2, 0.25) is 0 Å². The first kappa shape index (κ1) is 24.4. The second kappa shape index (κ2) is 11.6. The summed E-state index contributed by atoms with van der Waals surface area (Å²) in [6, 6.07) is 23.6. The smallest absolute Gasteiger partial charge is 0.0650 e. The Labute approximate surface area is 199 Å². The molecule has 0 saturated heterocycles. The van der Waals surface area contributed by atoms with Crippen LogP contribution < -0.4 is 0 Å². The second-order valence-electron chi connectivity index (χ2n) is 9.52. The molecule has 172 valence electrons. The highest BCUT2D eigenvalue weighted by atomic mass is 15.1. The number of fused-ring (bicyclic) bond motifs is 2.